The minimum atomic E-state index is 0.235. The summed E-state index contributed by atoms with van der Waals surface area (Å²) in [6.07, 6.45) is 3.93. The third-order valence-corrected chi connectivity index (χ3v) is 3.65. The summed E-state index contributed by atoms with van der Waals surface area (Å²) in [6.45, 7) is 9.58. The van der Waals surface area contributed by atoms with E-state index in [-0.39, 0.29) is 5.28 Å². The van der Waals surface area contributed by atoms with E-state index < -0.39 is 0 Å². The van der Waals surface area contributed by atoms with E-state index in [4.69, 9.17) is 11.6 Å². The van der Waals surface area contributed by atoms with Gasteiger partial charge in [0.2, 0.25) is 5.28 Å². The zero-order valence-corrected chi connectivity index (χ0v) is 13.3. The normalized spacial score (nSPS) is 13.1. The Morgan fingerprint density at radius 2 is 2.05 bits per heavy atom. The summed E-state index contributed by atoms with van der Waals surface area (Å²) in [7, 11) is 0. The highest BCUT2D eigenvalue weighted by atomic mass is 35.5. The van der Waals surface area contributed by atoms with Gasteiger partial charge in [0.15, 0.2) is 11.5 Å². The Kier molecular flexibility index (Phi) is 4.81. The molecule has 6 heteroatoms. The molecule has 110 valence electrons. The lowest BCUT2D eigenvalue weighted by Crippen LogP contribution is -2.10. The lowest BCUT2D eigenvalue weighted by molar-refractivity contribution is 0.544. The number of aromatic nitrogens is 4. The van der Waals surface area contributed by atoms with E-state index >= 15 is 0 Å². The molecule has 0 saturated carbocycles. The highest BCUT2D eigenvalue weighted by Gasteiger charge is 2.15. The number of hydrogen-bond acceptors (Lipinski definition) is 4. The van der Waals surface area contributed by atoms with Crippen molar-refractivity contribution < 1.29 is 0 Å². The zero-order valence-electron chi connectivity index (χ0n) is 12.5. The number of hydrogen-bond donors (Lipinski definition) is 1. The first-order valence-electron chi connectivity index (χ1n) is 7.16. The van der Waals surface area contributed by atoms with Crippen LogP contribution in [0.5, 0.6) is 0 Å². The van der Waals surface area contributed by atoms with E-state index in [1.54, 1.807) is 0 Å². The van der Waals surface area contributed by atoms with Gasteiger partial charge in [-0.3, -0.25) is 0 Å². The number of nitrogens with zero attached hydrogens (tertiary/aromatic N) is 4. The maximum Gasteiger partial charge on any atom is 0.226 e. The Bertz CT molecular complexity index is 578. The van der Waals surface area contributed by atoms with Gasteiger partial charge in [0, 0.05) is 12.6 Å². The molecule has 1 atom stereocenters. The molecule has 0 aliphatic rings. The first-order valence-corrected chi connectivity index (χ1v) is 7.54. The van der Waals surface area contributed by atoms with Gasteiger partial charge in [0.25, 0.3) is 0 Å². The van der Waals surface area contributed by atoms with Crippen molar-refractivity contribution in [1.82, 2.24) is 19.5 Å². The molecule has 20 heavy (non-hydrogen) atoms. The number of fused-ring (bicyclic) bond motifs is 1. The number of imidazole rings is 1. The van der Waals surface area contributed by atoms with E-state index in [1.165, 1.54) is 0 Å². The van der Waals surface area contributed by atoms with Gasteiger partial charge < -0.3 is 9.88 Å². The second-order valence-electron chi connectivity index (χ2n) is 5.53. The maximum atomic E-state index is 5.98. The minimum absolute atomic E-state index is 0.235. The summed E-state index contributed by atoms with van der Waals surface area (Å²) in [4.78, 5) is 12.9. The third-order valence-electron chi connectivity index (χ3n) is 3.48. The van der Waals surface area contributed by atoms with Crippen LogP contribution in [-0.4, -0.2) is 26.1 Å². The van der Waals surface area contributed by atoms with Crippen molar-refractivity contribution in [1.29, 1.82) is 0 Å². The van der Waals surface area contributed by atoms with Crippen molar-refractivity contribution in [3.63, 3.8) is 0 Å². The van der Waals surface area contributed by atoms with Crippen molar-refractivity contribution >= 4 is 28.6 Å². The molecule has 0 aromatic carbocycles. The second-order valence-corrected chi connectivity index (χ2v) is 5.87. The van der Waals surface area contributed by atoms with E-state index in [0.29, 0.717) is 17.6 Å². The molecule has 2 aromatic rings. The summed E-state index contributed by atoms with van der Waals surface area (Å²) in [6, 6.07) is 0.357. The fourth-order valence-electron chi connectivity index (χ4n) is 2.05. The summed E-state index contributed by atoms with van der Waals surface area (Å²) in [5.74, 6) is 1.42. The minimum Gasteiger partial charge on any atom is -0.368 e. The summed E-state index contributed by atoms with van der Waals surface area (Å²) in [5.41, 5.74) is 1.59. The standard InChI is InChI=1S/C14H22ClN5/c1-5-10(4)20-8-17-13-11(20)12(18-14(15)19-13)16-7-6-9(2)3/h8-10H,5-7H2,1-4H3,(H,16,18,19). The van der Waals surface area contributed by atoms with Gasteiger partial charge in [-0.25, -0.2) is 4.98 Å². The van der Waals surface area contributed by atoms with Gasteiger partial charge in [-0.1, -0.05) is 20.8 Å². The second kappa shape index (κ2) is 6.39. The van der Waals surface area contributed by atoms with Crippen LogP contribution in [0.3, 0.4) is 0 Å². The van der Waals surface area contributed by atoms with Crippen LogP contribution < -0.4 is 5.32 Å². The number of rotatable bonds is 6. The SMILES string of the molecule is CCC(C)n1cnc2nc(Cl)nc(NCCC(C)C)c21. The fourth-order valence-corrected chi connectivity index (χ4v) is 2.22. The van der Waals surface area contributed by atoms with Crippen molar-refractivity contribution in [2.75, 3.05) is 11.9 Å². The number of anilines is 1. The van der Waals surface area contributed by atoms with Crippen LogP contribution in [0.2, 0.25) is 5.28 Å². The molecule has 0 amide bonds. The average Bonchev–Trinajstić information content (AvgIpc) is 2.81. The van der Waals surface area contributed by atoms with Crippen LogP contribution in [-0.2, 0) is 0 Å². The number of halogens is 1. The molecule has 2 heterocycles. The first-order chi connectivity index (χ1) is 9.52. The van der Waals surface area contributed by atoms with E-state index in [9.17, 15) is 0 Å². The van der Waals surface area contributed by atoms with Crippen LogP contribution in [0, 0.1) is 5.92 Å². The molecule has 0 saturated heterocycles. The van der Waals surface area contributed by atoms with Crippen molar-refractivity contribution in [2.45, 2.75) is 46.6 Å². The fraction of sp³-hybridized carbons (Fsp3) is 0.643. The van der Waals surface area contributed by atoms with E-state index in [2.05, 4.69) is 52.5 Å². The predicted molar refractivity (Wildman–Crippen MR) is 83.3 cm³/mol. The molecule has 5 nitrogen and oxygen atoms in total. The zero-order chi connectivity index (χ0) is 14.7. The smallest absolute Gasteiger partial charge is 0.226 e. The van der Waals surface area contributed by atoms with Gasteiger partial charge in [-0.15, -0.1) is 0 Å². The maximum absolute atomic E-state index is 5.98. The molecule has 0 radical (unpaired) electrons. The van der Waals surface area contributed by atoms with Gasteiger partial charge in [-0.05, 0) is 37.3 Å². The monoisotopic (exact) mass is 295 g/mol. The lowest BCUT2D eigenvalue weighted by Gasteiger charge is -2.14. The van der Waals surface area contributed by atoms with Gasteiger partial charge in [0.05, 0.1) is 6.33 Å². The molecule has 0 fully saturated rings. The van der Waals surface area contributed by atoms with Crippen molar-refractivity contribution in [2.24, 2.45) is 5.92 Å². The molecule has 0 spiro atoms. The largest absolute Gasteiger partial charge is 0.368 e. The van der Waals surface area contributed by atoms with Gasteiger partial charge >= 0.3 is 0 Å². The van der Waals surface area contributed by atoms with Gasteiger partial charge in [0.1, 0.15) is 5.52 Å². The molecule has 1 unspecified atom stereocenters. The first kappa shape index (κ1) is 15.0. The Morgan fingerprint density at radius 1 is 1.30 bits per heavy atom. The molecular weight excluding hydrogens is 274 g/mol. The highest BCUT2D eigenvalue weighted by Crippen LogP contribution is 2.25. The molecule has 2 rings (SSSR count). The predicted octanol–water partition coefficient (Wildman–Crippen LogP) is 3.91. The lowest BCUT2D eigenvalue weighted by atomic mass is 10.1. The van der Waals surface area contributed by atoms with Crippen molar-refractivity contribution in [3.8, 4) is 0 Å². The summed E-state index contributed by atoms with van der Waals surface area (Å²) >= 11 is 5.98. The Balaban J connectivity index is 2.37. The molecule has 0 aliphatic heterocycles. The highest BCUT2D eigenvalue weighted by molar-refractivity contribution is 6.28. The van der Waals surface area contributed by atoms with Crippen LogP contribution >= 0.6 is 11.6 Å². The molecular formula is C14H22ClN5. The van der Waals surface area contributed by atoms with Gasteiger partial charge in [-0.2, -0.15) is 9.97 Å². The topological polar surface area (TPSA) is 55.6 Å². The third kappa shape index (κ3) is 3.20. The Labute approximate surface area is 124 Å². The van der Waals surface area contributed by atoms with Crippen LogP contribution in [0.4, 0.5) is 5.82 Å². The van der Waals surface area contributed by atoms with Crippen LogP contribution in [0.15, 0.2) is 6.33 Å². The summed E-state index contributed by atoms with van der Waals surface area (Å²) < 4.78 is 2.11. The van der Waals surface area contributed by atoms with E-state index in [0.717, 1.165) is 30.7 Å². The molecule has 0 bridgehead atoms. The Hall–Kier alpha value is -1.36. The average molecular weight is 296 g/mol. The van der Waals surface area contributed by atoms with Crippen LogP contribution in [0.1, 0.15) is 46.6 Å². The van der Waals surface area contributed by atoms with Crippen LogP contribution in [0.25, 0.3) is 11.2 Å². The van der Waals surface area contributed by atoms with E-state index in [1.807, 2.05) is 6.33 Å². The Morgan fingerprint density at radius 3 is 2.70 bits per heavy atom. The quantitative estimate of drug-likeness (QED) is 0.821. The molecule has 1 N–H and O–H groups in total. The molecule has 2 aromatic heterocycles. The molecule has 0 aliphatic carbocycles. The summed E-state index contributed by atoms with van der Waals surface area (Å²) in [5, 5.41) is 3.60. The van der Waals surface area contributed by atoms with Crippen molar-refractivity contribution in [3.05, 3.63) is 11.6 Å². The number of nitrogens with one attached hydrogen (secondary N) is 1.